The van der Waals surface area contributed by atoms with Crippen molar-refractivity contribution in [2.75, 3.05) is 17.3 Å². The second kappa shape index (κ2) is 8.96. The monoisotopic (exact) mass is 532 g/mol. The van der Waals surface area contributed by atoms with E-state index >= 15 is 0 Å². The first-order valence-electron chi connectivity index (χ1n) is 9.63. The van der Waals surface area contributed by atoms with Crippen LogP contribution < -0.4 is 35.5 Å². The van der Waals surface area contributed by atoms with Crippen LogP contribution in [0, 0.1) is 13.8 Å². The summed E-state index contributed by atoms with van der Waals surface area (Å²) in [6.07, 6.45) is 1.77. The van der Waals surface area contributed by atoms with Gasteiger partial charge in [-0.15, -0.1) is 0 Å². The van der Waals surface area contributed by atoms with E-state index in [2.05, 4.69) is 13.7 Å². The second-order valence-electron chi connectivity index (χ2n) is 7.11. The summed E-state index contributed by atoms with van der Waals surface area (Å²) in [5, 5.41) is 4.05. The molecule has 0 radical (unpaired) electrons. The van der Waals surface area contributed by atoms with Crippen LogP contribution in [-0.4, -0.2) is 32.2 Å². The summed E-state index contributed by atoms with van der Waals surface area (Å²) in [5.41, 5.74) is 12.2. The number of ether oxygens (including phenoxy) is 1. The summed E-state index contributed by atoms with van der Waals surface area (Å²) >= 11 is -0.320. The molecule has 9 heteroatoms. The van der Waals surface area contributed by atoms with Crippen molar-refractivity contribution >= 4 is 22.6 Å². The summed E-state index contributed by atoms with van der Waals surface area (Å²) < 4.78 is 16.0. The molecule has 2 heterocycles. The number of amides is 1. The maximum atomic E-state index is 11.8. The number of halogens is 1. The summed E-state index contributed by atoms with van der Waals surface area (Å²) in [5.74, 6) is 1.31. The van der Waals surface area contributed by atoms with Gasteiger partial charge in [0.15, 0.2) is 0 Å². The molecule has 4 rings (SSSR count). The summed E-state index contributed by atoms with van der Waals surface area (Å²) in [6, 6.07) is 11.6. The van der Waals surface area contributed by atoms with Crippen LogP contribution in [0.3, 0.4) is 0 Å². The molecule has 0 unspecified atom stereocenters. The molecule has 0 fully saturated rings. The standard InChI is InChI=1S/C22H23IN5O3/c1-13-21(14(2)31-27-13)16-8-17(24)22-18(9-16)28(12-25-22)10-15-6-4-5-7-19(15)30-11-20(29)26-23-3/h4-9,12H,10-11,24H2,1-3H3,(H,26,29)/q-1. The summed E-state index contributed by atoms with van der Waals surface area (Å²) in [4.78, 5) is 18.3. The van der Waals surface area contributed by atoms with E-state index < -0.39 is 0 Å². The number of nitrogens with zero attached hydrogens (tertiary/aromatic N) is 3. The molecule has 0 aliphatic rings. The zero-order valence-electron chi connectivity index (χ0n) is 17.5. The minimum atomic E-state index is -0.320. The number of carbonyl (C=O) groups is 1. The van der Waals surface area contributed by atoms with Crippen molar-refractivity contribution in [1.82, 2.24) is 18.2 Å². The molecule has 2 aromatic heterocycles. The quantitative estimate of drug-likeness (QED) is 0.151. The first-order chi connectivity index (χ1) is 15.0. The number of benzene rings is 2. The second-order valence-corrected chi connectivity index (χ2v) is 8.73. The third kappa shape index (κ3) is 4.36. The van der Waals surface area contributed by atoms with Gasteiger partial charge in [0, 0.05) is 0 Å². The predicted octanol–water partition coefficient (Wildman–Crippen LogP) is 0.0674. The molecule has 0 aliphatic carbocycles. The SMILES string of the molecule is C[I-]NC(=O)COc1ccccc1Cn1cnc2c(N)cc(-c3c(C)noc3C)cc21. The number of aryl methyl sites for hydroxylation is 2. The Bertz CT molecular complexity index is 1230. The topological polar surface area (TPSA) is 108 Å². The van der Waals surface area contributed by atoms with Crippen molar-refractivity contribution in [1.29, 1.82) is 0 Å². The Balaban J connectivity index is 1.68. The number of fused-ring (bicyclic) bond motifs is 1. The Morgan fingerprint density at radius 1 is 1.29 bits per heavy atom. The van der Waals surface area contributed by atoms with Gasteiger partial charge in [-0.25, -0.2) is 0 Å². The third-order valence-corrected chi connectivity index (χ3v) is 6.09. The van der Waals surface area contributed by atoms with Gasteiger partial charge in [0.25, 0.3) is 0 Å². The number of hydrogen-bond donors (Lipinski definition) is 2. The molecular weight excluding hydrogens is 509 g/mol. The first-order valence-corrected chi connectivity index (χ1v) is 12.9. The molecule has 0 atom stereocenters. The van der Waals surface area contributed by atoms with E-state index in [9.17, 15) is 4.79 Å². The van der Waals surface area contributed by atoms with Crippen molar-refractivity contribution in [3.63, 3.8) is 0 Å². The van der Waals surface area contributed by atoms with Gasteiger partial charge in [0.1, 0.15) is 5.76 Å². The Labute approximate surface area is 190 Å². The van der Waals surface area contributed by atoms with E-state index in [0.29, 0.717) is 18.0 Å². The van der Waals surface area contributed by atoms with E-state index in [4.69, 9.17) is 15.0 Å². The fourth-order valence-electron chi connectivity index (χ4n) is 3.59. The fraction of sp³-hybridized carbons (Fsp3) is 0.227. The first kappa shape index (κ1) is 21.2. The van der Waals surface area contributed by atoms with Gasteiger partial charge >= 0.3 is 156 Å². The Kier molecular flexibility index (Phi) is 6.12. The maximum absolute atomic E-state index is 11.8. The summed E-state index contributed by atoms with van der Waals surface area (Å²) in [6.45, 7) is 4.32. The van der Waals surface area contributed by atoms with Crippen LogP contribution in [0.1, 0.15) is 17.0 Å². The van der Waals surface area contributed by atoms with Crippen LogP contribution in [0.5, 0.6) is 5.75 Å². The molecule has 31 heavy (non-hydrogen) atoms. The molecular formula is C22H23IN5O3-. The van der Waals surface area contributed by atoms with E-state index in [1.165, 1.54) is 0 Å². The number of anilines is 1. The molecule has 0 spiro atoms. The molecule has 0 bridgehead atoms. The van der Waals surface area contributed by atoms with Crippen molar-refractivity contribution < 1.29 is 35.5 Å². The predicted molar refractivity (Wildman–Crippen MR) is 114 cm³/mol. The number of para-hydroxylation sites is 1. The number of nitrogens with one attached hydrogen (secondary N) is 1. The van der Waals surface area contributed by atoms with Gasteiger partial charge in [-0.3, -0.25) is 0 Å². The van der Waals surface area contributed by atoms with Gasteiger partial charge in [-0.2, -0.15) is 0 Å². The number of carbonyl (C=O) groups excluding carboxylic acids is 1. The van der Waals surface area contributed by atoms with E-state index in [1.807, 2.05) is 59.7 Å². The van der Waals surface area contributed by atoms with E-state index in [1.54, 1.807) is 6.33 Å². The van der Waals surface area contributed by atoms with Gasteiger partial charge in [0.05, 0.1) is 5.69 Å². The number of hydrogen-bond acceptors (Lipinski definition) is 6. The van der Waals surface area contributed by atoms with Crippen molar-refractivity contribution in [3.8, 4) is 16.9 Å². The molecule has 162 valence electrons. The van der Waals surface area contributed by atoms with Crippen LogP contribution in [0.4, 0.5) is 5.69 Å². The Morgan fingerprint density at radius 2 is 2.10 bits per heavy atom. The molecule has 0 saturated carbocycles. The van der Waals surface area contributed by atoms with Gasteiger partial charge < -0.3 is 4.52 Å². The van der Waals surface area contributed by atoms with Gasteiger partial charge in [0.2, 0.25) is 0 Å². The average Bonchev–Trinajstić information content (AvgIpc) is 3.30. The van der Waals surface area contributed by atoms with Crippen LogP contribution in [-0.2, 0) is 11.3 Å². The van der Waals surface area contributed by atoms with Crippen LogP contribution in [0.2, 0.25) is 0 Å². The summed E-state index contributed by atoms with van der Waals surface area (Å²) in [7, 11) is 0. The Hall–Kier alpha value is -3.08. The fourth-order valence-corrected chi connectivity index (χ4v) is 4.35. The Morgan fingerprint density at radius 3 is 2.84 bits per heavy atom. The minimum absolute atomic E-state index is 0.00160. The molecule has 1 amide bonds. The van der Waals surface area contributed by atoms with E-state index in [0.717, 1.165) is 39.2 Å². The van der Waals surface area contributed by atoms with Crippen LogP contribution in [0.15, 0.2) is 47.2 Å². The zero-order chi connectivity index (χ0) is 22.0. The molecule has 2 aromatic carbocycles. The number of nitrogens with two attached hydrogens (primary N) is 1. The van der Waals surface area contributed by atoms with Crippen molar-refractivity contribution in [2.45, 2.75) is 20.4 Å². The van der Waals surface area contributed by atoms with Crippen LogP contribution >= 0.6 is 0 Å². The number of imidazole rings is 1. The zero-order valence-corrected chi connectivity index (χ0v) is 19.6. The molecule has 0 aliphatic heterocycles. The number of rotatable bonds is 7. The van der Waals surface area contributed by atoms with Gasteiger partial charge in [-0.1, -0.05) is 5.16 Å². The molecule has 3 N–H and O–H groups in total. The number of alkyl halides is 1. The van der Waals surface area contributed by atoms with Crippen molar-refractivity contribution in [3.05, 3.63) is 59.7 Å². The van der Waals surface area contributed by atoms with E-state index in [-0.39, 0.29) is 34.0 Å². The molecule has 0 saturated heterocycles. The molecule has 8 nitrogen and oxygen atoms in total. The number of nitrogen functional groups attached to an aromatic ring is 1. The number of aromatic nitrogens is 3. The third-order valence-electron chi connectivity index (χ3n) is 4.95. The van der Waals surface area contributed by atoms with Gasteiger partial charge in [-0.05, 0) is 13.8 Å². The van der Waals surface area contributed by atoms with Crippen LogP contribution in [0.25, 0.3) is 22.2 Å². The molecule has 4 aromatic rings. The van der Waals surface area contributed by atoms with Crippen molar-refractivity contribution in [2.24, 2.45) is 0 Å². The average molecular weight is 532 g/mol. The normalized spacial score (nSPS) is 11.2.